The highest BCUT2D eigenvalue weighted by molar-refractivity contribution is 6.30. The zero-order valence-electron chi connectivity index (χ0n) is 15.5. The molecule has 2 aromatic rings. The highest BCUT2D eigenvalue weighted by Crippen LogP contribution is 2.21. The zero-order valence-corrected chi connectivity index (χ0v) is 16.3. The van der Waals surface area contributed by atoms with E-state index in [2.05, 4.69) is 10.9 Å². The van der Waals surface area contributed by atoms with Gasteiger partial charge < -0.3 is 9.47 Å². The monoisotopic (exact) mass is 390 g/mol. The second-order valence-electron chi connectivity index (χ2n) is 6.05. The van der Waals surface area contributed by atoms with Crippen LogP contribution in [0.5, 0.6) is 11.5 Å². The van der Waals surface area contributed by atoms with Gasteiger partial charge in [-0.15, -0.1) is 0 Å². The summed E-state index contributed by atoms with van der Waals surface area (Å²) in [6.45, 7) is 5.70. The minimum absolute atomic E-state index is 0.0924. The van der Waals surface area contributed by atoms with E-state index in [1.807, 2.05) is 26.0 Å². The fourth-order valence-corrected chi connectivity index (χ4v) is 2.31. The largest absolute Gasteiger partial charge is 0.493 e. The van der Waals surface area contributed by atoms with Gasteiger partial charge in [0.1, 0.15) is 11.5 Å². The molecule has 0 aliphatic heterocycles. The Balaban J connectivity index is 1.71. The summed E-state index contributed by atoms with van der Waals surface area (Å²) in [7, 11) is 0. The highest BCUT2D eigenvalue weighted by Gasteiger charge is 2.16. The number of benzene rings is 2. The van der Waals surface area contributed by atoms with Crippen LogP contribution in [0.2, 0.25) is 5.02 Å². The third kappa shape index (κ3) is 6.49. The SMILES string of the molecule is Cc1cccc(OC(C)C(=O)NNC(=O)CCOc2ccc(Cl)cc2)c1C. The third-order valence-electron chi connectivity index (χ3n) is 3.96. The van der Waals surface area contributed by atoms with Crippen LogP contribution in [0.1, 0.15) is 24.5 Å². The average molecular weight is 391 g/mol. The van der Waals surface area contributed by atoms with Gasteiger partial charge in [0.05, 0.1) is 13.0 Å². The number of hydrogen-bond donors (Lipinski definition) is 2. The molecule has 0 spiro atoms. The number of nitrogens with one attached hydrogen (secondary N) is 2. The van der Waals surface area contributed by atoms with Gasteiger partial charge in [0.25, 0.3) is 5.91 Å². The molecule has 2 N–H and O–H groups in total. The molecule has 7 heteroatoms. The summed E-state index contributed by atoms with van der Waals surface area (Å²) in [5.74, 6) is 0.450. The van der Waals surface area contributed by atoms with E-state index in [0.717, 1.165) is 11.1 Å². The molecular formula is C20H23ClN2O4. The van der Waals surface area contributed by atoms with Crippen LogP contribution < -0.4 is 20.3 Å². The van der Waals surface area contributed by atoms with Gasteiger partial charge in [-0.05, 0) is 62.2 Å². The minimum Gasteiger partial charge on any atom is -0.493 e. The maximum absolute atomic E-state index is 12.1. The zero-order chi connectivity index (χ0) is 19.8. The van der Waals surface area contributed by atoms with E-state index in [4.69, 9.17) is 21.1 Å². The third-order valence-corrected chi connectivity index (χ3v) is 4.22. The lowest BCUT2D eigenvalue weighted by atomic mass is 10.1. The highest BCUT2D eigenvalue weighted by atomic mass is 35.5. The summed E-state index contributed by atoms with van der Waals surface area (Å²) in [6.07, 6.45) is -0.661. The van der Waals surface area contributed by atoms with Crippen LogP contribution in [-0.4, -0.2) is 24.5 Å². The lowest BCUT2D eigenvalue weighted by Crippen LogP contribution is -2.47. The van der Waals surface area contributed by atoms with E-state index < -0.39 is 12.0 Å². The molecule has 0 aliphatic rings. The lowest BCUT2D eigenvalue weighted by molar-refractivity contribution is -0.132. The smallest absolute Gasteiger partial charge is 0.279 e. The van der Waals surface area contributed by atoms with Gasteiger partial charge in [0.2, 0.25) is 5.91 Å². The van der Waals surface area contributed by atoms with Gasteiger partial charge in [-0.2, -0.15) is 0 Å². The first-order valence-electron chi connectivity index (χ1n) is 8.56. The molecule has 1 atom stereocenters. The Morgan fingerprint density at radius 2 is 1.78 bits per heavy atom. The molecule has 0 saturated carbocycles. The maximum Gasteiger partial charge on any atom is 0.279 e. The van der Waals surface area contributed by atoms with Gasteiger partial charge in [-0.25, -0.2) is 0 Å². The van der Waals surface area contributed by atoms with Gasteiger partial charge in [0, 0.05) is 5.02 Å². The first-order valence-corrected chi connectivity index (χ1v) is 8.94. The van der Waals surface area contributed by atoms with Crippen LogP contribution in [0.15, 0.2) is 42.5 Å². The van der Waals surface area contributed by atoms with Crippen LogP contribution in [0.4, 0.5) is 0 Å². The van der Waals surface area contributed by atoms with E-state index in [-0.39, 0.29) is 18.9 Å². The number of halogens is 1. The molecule has 0 aliphatic carbocycles. The first kappa shape index (κ1) is 20.6. The molecule has 27 heavy (non-hydrogen) atoms. The first-order chi connectivity index (χ1) is 12.9. The van der Waals surface area contributed by atoms with Crippen LogP contribution >= 0.6 is 11.6 Å². The molecule has 6 nitrogen and oxygen atoms in total. The van der Waals surface area contributed by atoms with Crippen LogP contribution in [0.25, 0.3) is 0 Å². The van der Waals surface area contributed by atoms with Crippen molar-refractivity contribution in [3.8, 4) is 11.5 Å². The lowest BCUT2D eigenvalue weighted by Gasteiger charge is -2.17. The molecule has 144 valence electrons. The van der Waals surface area contributed by atoms with Gasteiger partial charge in [-0.3, -0.25) is 20.4 Å². The van der Waals surface area contributed by atoms with Crippen molar-refractivity contribution in [2.24, 2.45) is 0 Å². The fourth-order valence-electron chi connectivity index (χ4n) is 2.18. The number of rotatable bonds is 7. The Labute approximate surface area is 163 Å². The van der Waals surface area contributed by atoms with Gasteiger partial charge in [-0.1, -0.05) is 23.7 Å². The molecule has 0 radical (unpaired) electrons. The number of ether oxygens (including phenoxy) is 2. The minimum atomic E-state index is -0.754. The predicted molar refractivity (Wildman–Crippen MR) is 104 cm³/mol. The van der Waals surface area contributed by atoms with Crippen LogP contribution in [0.3, 0.4) is 0 Å². The summed E-state index contributed by atoms with van der Waals surface area (Å²) >= 11 is 5.79. The van der Waals surface area contributed by atoms with E-state index >= 15 is 0 Å². The average Bonchev–Trinajstić information content (AvgIpc) is 2.65. The van der Waals surface area contributed by atoms with Gasteiger partial charge >= 0.3 is 0 Å². The van der Waals surface area contributed by atoms with Crippen molar-refractivity contribution in [1.82, 2.24) is 10.9 Å². The van der Waals surface area contributed by atoms with E-state index in [1.165, 1.54) is 0 Å². The summed E-state index contributed by atoms with van der Waals surface area (Å²) in [5, 5.41) is 0.611. The van der Waals surface area contributed by atoms with E-state index in [0.29, 0.717) is 16.5 Å². The van der Waals surface area contributed by atoms with Crippen molar-refractivity contribution in [1.29, 1.82) is 0 Å². The second-order valence-corrected chi connectivity index (χ2v) is 6.48. The quantitative estimate of drug-likeness (QED) is 0.711. The Morgan fingerprint density at radius 1 is 1.07 bits per heavy atom. The molecule has 1 unspecified atom stereocenters. The number of hydrogen-bond acceptors (Lipinski definition) is 4. The molecule has 2 rings (SSSR count). The molecule has 2 amide bonds. The summed E-state index contributed by atoms with van der Waals surface area (Å²) in [5.41, 5.74) is 6.76. The summed E-state index contributed by atoms with van der Waals surface area (Å²) < 4.78 is 11.1. The Hall–Kier alpha value is -2.73. The van der Waals surface area contributed by atoms with E-state index in [1.54, 1.807) is 37.3 Å². The molecule has 0 heterocycles. The molecule has 0 bridgehead atoms. The molecule has 0 saturated heterocycles. The Morgan fingerprint density at radius 3 is 2.48 bits per heavy atom. The topological polar surface area (TPSA) is 76.7 Å². The Bertz CT molecular complexity index is 793. The van der Waals surface area contributed by atoms with Crippen LogP contribution in [-0.2, 0) is 9.59 Å². The fraction of sp³-hybridized carbons (Fsp3) is 0.300. The summed E-state index contributed by atoms with van der Waals surface area (Å²) in [6, 6.07) is 12.5. The van der Waals surface area contributed by atoms with Crippen molar-refractivity contribution >= 4 is 23.4 Å². The number of amides is 2. The van der Waals surface area contributed by atoms with Crippen molar-refractivity contribution in [3.63, 3.8) is 0 Å². The number of hydrazine groups is 1. The second kappa shape index (κ2) is 9.83. The Kier molecular flexibility index (Phi) is 7.49. The number of aryl methyl sites for hydroxylation is 1. The number of carbonyl (C=O) groups is 2. The van der Waals surface area contributed by atoms with Crippen LogP contribution in [0, 0.1) is 13.8 Å². The molecule has 2 aromatic carbocycles. The van der Waals surface area contributed by atoms with Crippen molar-refractivity contribution < 1.29 is 19.1 Å². The molecule has 0 fully saturated rings. The van der Waals surface area contributed by atoms with Crippen molar-refractivity contribution in [2.45, 2.75) is 33.3 Å². The normalized spacial score (nSPS) is 11.4. The molecule has 0 aromatic heterocycles. The van der Waals surface area contributed by atoms with Crippen molar-refractivity contribution in [3.05, 3.63) is 58.6 Å². The predicted octanol–water partition coefficient (Wildman–Crippen LogP) is 3.34. The van der Waals surface area contributed by atoms with Gasteiger partial charge in [0.15, 0.2) is 6.10 Å². The standard InChI is InChI=1S/C20H23ClN2O4/c1-13-5-4-6-18(14(13)2)27-15(3)20(25)23-22-19(24)11-12-26-17-9-7-16(21)8-10-17/h4-10,15H,11-12H2,1-3H3,(H,22,24)(H,23,25). The summed E-state index contributed by atoms with van der Waals surface area (Å²) in [4.78, 5) is 23.9. The van der Waals surface area contributed by atoms with Crippen molar-refractivity contribution in [2.75, 3.05) is 6.61 Å². The van der Waals surface area contributed by atoms with E-state index in [9.17, 15) is 9.59 Å². The maximum atomic E-state index is 12.1. The number of carbonyl (C=O) groups excluding carboxylic acids is 2. The molecular weight excluding hydrogens is 368 g/mol.